The van der Waals surface area contributed by atoms with Gasteiger partial charge in [-0.2, -0.15) is 5.10 Å². The van der Waals surface area contributed by atoms with Gasteiger partial charge in [0, 0.05) is 24.7 Å². The molecule has 2 N–H and O–H groups in total. The Morgan fingerprint density at radius 3 is 2.74 bits per heavy atom. The number of nitrogens with one attached hydrogen (secondary N) is 2. The van der Waals surface area contributed by atoms with Crippen LogP contribution in [0.2, 0.25) is 5.02 Å². The first-order chi connectivity index (χ1) is 10.7. The summed E-state index contributed by atoms with van der Waals surface area (Å²) in [5, 5.41) is 10.7. The number of methoxy groups -OCH3 is 1. The fraction of sp³-hybridized carbons (Fsp3) is 0.333. The van der Waals surface area contributed by atoms with Gasteiger partial charge in [-0.15, -0.1) is 12.4 Å². The molecule has 0 radical (unpaired) electrons. The highest BCUT2D eigenvalue weighted by molar-refractivity contribution is 6.30. The van der Waals surface area contributed by atoms with E-state index in [0.29, 0.717) is 30.5 Å². The van der Waals surface area contributed by atoms with Crippen LogP contribution in [-0.2, 0) is 16.1 Å². The molecule has 0 aliphatic heterocycles. The molecule has 23 heavy (non-hydrogen) atoms. The summed E-state index contributed by atoms with van der Waals surface area (Å²) in [6, 6.07) is 9.30. The minimum absolute atomic E-state index is 0. The molecule has 1 aromatic heterocycles. The monoisotopic (exact) mass is 358 g/mol. The second kappa shape index (κ2) is 10.2. The van der Waals surface area contributed by atoms with Crippen LogP contribution in [0.5, 0.6) is 0 Å². The predicted octanol–water partition coefficient (Wildman–Crippen LogP) is 2.18. The zero-order chi connectivity index (χ0) is 15.8. The lowest BCUT2D eigenvalue weighted by atomic mass is 10.2. The van der Waals surface area contributed by atoms with Crippen molar-refractivity contribution in [3.8, 4) is 0 Å². The summed E-state index contributed by atoms with van der Waals surface area (Å²) in [6.07, 6.45) is 1.66. The van der Waals surface area contributed by atoms with Crippen LogP contribution in [0.15, 0.2) is 36.5 Å². The number of rotatable bonds is 8. The fourth-order valence-corrected chi connectivity index (χ4v) is 2.02. The Kier molecular flexibility index (Phi) is 8.65. The topological polar surface area (TPSA) is 68.2 Å². The average Bonchev–Trinajstić information content (AvgIpc) is 2.93. The molecule has 126 valence electrons. The molecule has 1 aromatic carbocycles. The fourth-order valence-electron chi connectivity index (χ4n) is 1.89. The normalized spacial score (nSPS) is 10.2. The van der Waals surface area contributed by atoms with Gasteiger partial charge in [-0.25, -0.2) is 4.68 Å². The van der Waals surface area contributed by atoms with Crippen molar-refractivity contribution < 1.29 is 9.53 Å². The lowest BCUT2D eigenvalue weighted by Crippen LogP contribution is -2.31. The molecule has 0 saturated carbocycles. The van der Waals surface area contributed by atoms with E-state index in [1.165, 1.54) is 0 Å². The molecule has 0 aliphatic rings. The molecule has 0 atom stereocenters. The van der Waals surface area contributed by atoms with E-state index in [-0.39, 0.29) is 24.9 Å². The maximum atomic E-state index is 11.8. The van der Waals surface area contributed by atoms with Crippen LogP contribution < -0.4 is 10.6 Å². The van der Waals surface area contributed by atoms with Crippen LogP contribution in [0.3, 0.4) is 0 Å². The van der Waals surface area contributed by atoms with E-state index in [1.807, 2.05) is 24.3 Å². The Morgan fingerprint density at radius 1 is 1.30 bits per heavy atom. The molecule has 0 bridgehead atoms. The van der Waals surface area contributed by atoms with Gasteiger partial charge >= 0.3 is 0 Å². The number of carbonyl (C=O) groups is 1. The minimum Gasteiger partial charge on any atom is -0.383 e. The number of aromatic nitrogens is 2. The van der Waals surface area contributed by atoms with Gasteiger partial charge in [0.2, 0.25) is 5.91 Å². The molecule has 8 heteroatoms. The number of ether oxygens (including phenoxy) is 1. The number of hydrogen-bond acceptors (Lipinski definition) is 4. The van der Waals surface area contributed by atoms with Crippen LogP contribution >= 0.6 is 24.0 Å². The molecule has 1 heterocycles. The Bertz CT molecular complexity index is 602. The first-order valence-electron chi connectivity index (χ1n) is 6.95. The zero-order valence-corrected chi connectivity index (χ0v) is 14.4. The molecular formula is C15H20Cl2N4O2. The largest absolute Gasteiger partial charge is 0.383 e. The molecule has 0 spiro atoms. The van der Waals surface area contributed by atoms with Crippen molar-refractivity contribution in [3.63, 3.8) is 0 Å². The Morgan fingerprint density at radius 2 is 2.04 bits per heavy atom. The second-order valence-electron chi connectivity index (χ2n) is 4.72. The van der Waals surface area contributed by atoms with Crippen LogP contribution in [0.4, 0.5) is 5.82 Å². The number of hydrogen-bond donors (Lipinski definition) is 2. The van der Waals surface area contributed by atoms with E-state index in [4.69, 9.17) is 16.3 Å². The SMILES string of the molecule is COCCNCC(=O)Nc1ccnn1Cc1ccc(Cl)cc1.Cl. The minimum atomic E-state index is -0.117. The highest BCUT2D eigenvalue weighted by Gasteiger charge is 2.07. The molecule has 0 saturated heterocycles. The summed E-state index contributed by atoms with van der Waals surface area (Å²) in [4.78, 5) is 11.8. The lowest BCUT2D eigenvalue weighted by Gasteiger charge is -2.10. The number of benzene rings is 1. The number of nitrogens with zero attached hydrogens (tertiary/aromatic N) is 2. The third-order valence-electron chi connectivity index (χ3n) is 3.00. The summed E-state index contributed by atoms with van der Waals surface area (Å²) < 4.78 is 6.64. The molecule has 6 nitrogen and oxygen atoms in total. The first-order valence-corrected chi connectivity index (χ1v) is 7.32. The maximum Gasteiger partial charge on any atom is 0.239 e. The van der Waals surface area contributed by atoms with Gasteiger partial charge < -0.3 is 15.4 Å². The van der Waals surface area contributed by atoms with Crippen LogP contribution in [-0.4, -0.2) is 42.5 Å². The van der Waals surface area contributed by atoms with E-state index in [0.717, 1.165) is 5.56 Å². The standard InChI is InChI=1S/C15H19ClN4O2.ClH/c1-22-9-8-17-10-15(21)19-14-6-7-18-20(14)11-12-2-4-13(16)5-3-12;/h2-7,17H,8-11H2,1H3,(H,19,21);1H. The van der Waals surface area contributed by atoms with Gasteiger partial charge in [-0.1, -0.05) is 23.7 Å². The first kappa shape index (κ1) is 19.4. The Labute approximate surface area is 146 Å². The summed E-state index contributed by atoms with van der Waals surface area (Å²) in [5.74, 6) is 0.544. The second-order valence-corrected chi connectivity index (χ2v) is 5.15. The van der Waals surface area contributed by atoms with Crippen LogP contribution in [0.25, 0.3) is 0 Å². The van der Waals surface area contributed by atoms with Crippen LogP contribution in [0.1, 0.15) is 5.56 Å². The molecule has 2 rings (SSSR count). The summed E-state index contributed by atoms with van der Waals surface area (Å²) in [7, 11) is 1.62. The van der Waals surface area contributed by atoms with Gasteiger partial charge in [-0.05, 0) is 17.7 Å². The van der Waals surface area contributed by atoms with Gasteiger partial charge in [0.15, 0.2) is 0 Å². The van der Waals surface area contributed by atoms with E-state index in [2.05, 4.69) is 15.7 Å². The van der Waals surface area contributed by atoms with Gasteiger partial charge in [0.1, 0.15) is 5.82 Å². The van der Waals surface area contributed by atoms with Crippen LogP contribution in [0, 0.1) is 0 Å². The Balaban J connectivity index is 0.00000264. The summed E-state index contributed by atoms with van der Waals surface area (Å²) in [6.45, 7) is 2.00. The lowest BCUT2D eigenvalue weighted by molar-refractivity contribution is -0.115. The van der Waals surface area contributed by atoms with E-state index < -0.39 is 0 Å². The van der Waals surface area contributed by atoms with E-state index in [1.54, 1.807) is 24.1 Å². The van der Waals surface area contributed by atoms with E-state index >= 15 is 0 Å². The quantitative estimate of drug-likeness (QED) is 0.709. The van der Waals surface area contributed by atoms with E-state index in [9.17, 15) is 4.79 Å². The molecular weight excluding hydrogens is 339 g/mol. The van der Waals surface area contributed by atoms with Crippen molar-refractivity contribution in [2.24, 2.45) is 0 Å². The molecule has 1 amide bonds. The van der Waals surface area contributed by atoms with Crippen molar-refractivity contribution >= 4 is 35.7 Å². The summed E-state index contributed by atoms with van der Waals surface area (Å²) in [5.41, 5.74) is 1.06. The molecule has 0 unspecified atom stereocenters. The zero-order valence-electron chi connectivity index (χ0n) is 12.8. The molecule has 0 aliphatic carbocycles. The maximum absolute atomic E-state index is 11.8. The molecule has 0 fully saturated rings. The van der Waals surface area contributed by atoms with Crippen molar-refractivity contribution in [1.82, 2.24) is 15.1 Å². The van der Waals surface area contributed by atoms with Crippen molar-refractivity contribution in [1.29, 1.82) is 0 Å². The van der Waals surface area contributed by atoms with Gasteiger partial charge in [0.25, 0.3) is 0 Å². The number of carbonyl (C=O) groups excluding carboxylic acids is 1. The van der Waals surface area contributed by atoms with Gasteiger partial charge in [0.05, 0.1) is 25.9 Å². The number of halogens is 2. The predicted molar refractivity (Wildman–Crippen MR) is 93.4 cm³/mol. The number of amides is 1. The molecule has 2 aromatic rings. The third kappa shape index (κ3) is 6.58. The third-order valence-corrected chi connectivity index (χ3v) is 3.25. The van der Waals surface area contributed by atoms with Crippen molar-refractivity contribution in [2.45, 2.75) is 6.54 Å². The van der Waals surface area contributed by atoms with Gasteiger partial charge in [-0.3, -0.25) is 4.79 Å². The number of anilines is 1. The summed E-state index contributed by atoms with van der Waals surface area (Å²) >= 11 is 5.87. The van der Waals surface area contributed by atoms with Crippen molar-refractivity contribution in [2.75, 3.05) is 32.1 Å². The average molecular weight is 359 g/mol. The smallest absolute Gasteiger partial charge is 0.239 e. The van der Waals surface area contributed by atoms with Crippen molar-refractivity contribution in [3.05, 3.63) is 47.1 Å². The highest BCUT2D eigenvalue weighted by atomic mass is 35.5. The highest BCUT2D eigenvalue weighted by Crippen LogP contribution is 2.13. The Hall–Kier alpha value is -1.60.